The maximum atomic E-state index is 13.0. The van der Waals surface area contributed by atoms with Crippen LogP contribution in [0.25, 0.3) is 0 Å². The molecular formula is C15H23BrClFN2O2. The Morgan fingerprint density at radius 1 is 1.23 bits per heavy atom. The van der Waals surface area contributed by atoms with Crippen molar-refractivity contribution in [3.8, 4) is 11.5 Å². The molecule has 1 aliphatic heterocycles. The Bertz CT molecular complexity index is 448. The lowest BCUT2D eigenvalue weighted by Gasteiger charge is -2.35. The van der Waals surface area contributed by atoms with E-state index in [0.29, 0.717) is 17.9 Å². The molecule has 1 heterocycles. The molecular weight excluding hydrogens is 375 g/mol. The average Bonchev–Trinajstić information content (AvgIpc) is 2.54. The lowest BCUT2D eigenvalue weighted by Crippen LogP contribution is -2.45. The summed E-state index contributed by atoms with van der Waals surface area (Å²) in [5, 5.41) is 3.33. The highest BCUT2D eigenvalue weighted by molar-refractivity contribution is 9.10. The highest BCUT2D eigenvalue weighted by Gasteiger charge is 2.24. The normalized spacial score (nSPS) is 16.7. The first-order chi connectivity index (χ1) is 10.2. The van der Waals surface area contributed by atoms with Gasteiger partial charge in [-0.15, -0.1) is 12.4 Å². The molecule has 0 amide bonds. The summed E-state index contributed by atoms with van der Waals surface area (Å²) in [7, 11) is 3.25. The summed E-state index contributed by atoms with van der Waals surface area (Å²) in [5.41, 5.74) is 1.03. The van der Waals surface area contributed by atoms with Crippen molar-refractivity contribution >= 4 is 28.3 Å². The fourth-order valence-corrected chi connectivity index (χ4v) is 3.29. The zero-order chi connectivity index (χ0) is 15.2. The Hall–Kier alpha value is -0.560. The second kappa shape index (κ2) is 9.55. The second-order valence-electron chi connectivity index (χ2n) is 5.02. The van der Waals surface area contributed by atoms with Crippen LogP contribution in [0, 0.1) is 0 Å². The molecule has 1 aromatic carbocycles. The minimum Gasteiger partial charge on any atom is -0.495 e. The lowest BCUT2D eigenvalue weighted by atomic mass is 10.0. The number of hydrogen-bond donors (Lipinski definition) is 1. The van der Waals surface area contributed by atoms with Gasteiger partial charge in [0.15, 0.2) is 0 Å². The summed E-state index contributed by atoms with van der Waals surface area (Å²) >= 11 is 3.47. The molecule has 0 aliphatic carbocycles. The predicted molar refractivity (Wildman–Crippen MR) is 92.3 cm³/mol. The van der Waals surface area contributed by atoms with Crippen molar-refractivity contribution in [2.45, 2.75) is 12.5 Å². The van der Waals surface area contributed by atoms with Crippen molar-refractivity contribution in [3.05, 3.63) is 22.2 Å². The van der Waals surface area contributed by atoms with Crippen LogP contribution in [0.15, 0.2) is 16.6 Å². The topological polar surface area (TPSA) is 33.7 Å². The highest BCUT2D eigenvalue weighted by Crippen LogP contribution is 2.39. The molecule has 1 aromatic rings. The van der Waals surface area contributed by atoms with Crippen molar-refractivity contribution < 1.29 is 13.9 Å². The van der Waals surface area contributed by atoms with Crippen LogP contribution in [-0.4, -0.2) is 52.0 Å². The summed E-state index contributed by atoms with van der Waals surface area (Å²) in [4.78, 5) is 2.32. The van der Waals surface area contributed by atoms with E-state index < -0.39 is 0 Å². The van der Waals surface area contributed by atoms with Gasteiger partial charge in [-0.3, -0.25) is 9.29 Å². The van der Waals surface area contributed by atoms with E-state index in [2.05, 4.69) is 26.1 Å². The second-order valence-corrected chi connectivity index (χ2v) is 5.81. The summed E-state index contributed by atoms with van der Waals surface area (Å²) in [6.45, 7) is 3.38. The number of methoxy groups -OCH3 is 2. The van der Waals surface area contributed by atoms with E-state index >= 15 is 0 Å². The van der Waals surface area contributed by atoms with Crippen LogP contribution in [-0.2, 0) is 0 Å². The molecule has 0 spiro atoms. The fraction of sp³-hybridized carbons (Fsp3) is 0.600. The molecule has 1 saturated heterocycles. The Balaban J connectivity index is 0.00000242. The molecule has 1 aliphatic rings. The molecule has 0 radical (unpaired) electrons. The number of rotatable bonds is 6. The van der Waals surface area contributed by atoms with Gasteiger partial charge in [-0.1, -0.05) is 0 Å². The number of benzene rings is 1. The van der Waals surface area contributed by atoms with Gasteiger partial charge in [0.2, 0.25) is 0 Å². The van der Waals surface area contributed by atoms with E-state index in [1.807, 2.05) is 12.1 Å². The molecule has 0 aromatic heterocycles. The van der Waals surface area contributed by atoms with Gasteiger partial charge in [-0.05, 0) is 40.0 Å². The van der Waals surface area contributed by atoms with Gasteiger partial charge < -0.3 is 14.8 Å². The SMILES string of the molecule is COc1cc([C@H](CCF)N2CCNCC2)cc(OC)c1Br.Cl. The largest absolute Gasteiger partial charge is 0.495 e. The van der Waals surface area contributed by atoms with Crippen LogP contribution < -0.4 is 14.8 Å². The van der Waals surface area contributed by atoms with Crippen LogP contribution in [0.5, 0.6) is 11.5 Å². The van der Waals surface area contributed by atoms with Gasteiger partial charge in [0.1, 0.15) is 16.0 Å². The third-order valence-electron chi connectivity index (χ3n) is 3.83. The van der Waals surface area contributed by atoms with E-state index in [-0.39, 0.29) is 25.1 Å². The van der Waals surface area contributed by atoms with E-state index in [0.717, 1.165) is 36.2 Å². The van der Waals surface area contributed by atoms with E-state index in [1.54, 1.807) is 14.2 Å². The van der Waals surface area contributed by atoms with E-state index in [1.165, 1.54) is 0 Å². The number of piperazine rings is 1. The fourth-order valence-electron chi connectivity index (χ4n) is 2.74. The number of hydrogen-bond acceptors (Lipinski definition) is 4. The van der Waals surface area contributed by atoms with Gasteiger partial charge in [0.05, 0.1) is 20.9 Å². The standard InChI is InChI=1S/C15H22BrFN2O2.ClH/c1-20-13-9-11(10-14(21-2)15(13)16)12(3-4-17)19-7-5-18-6-8-19;/h9-10,12,18H,3-8H2,1-2H3;1H/t12-;/m0./s1. The molecule has 1 fully saturated rings. The van der Waals surface area contributed by atoms with Gasteiger partial charge >= 0.3 is 0 Å². The molecule has 0 saturated carbocycles. The molecule has 0 bridgehead atoms. The first-order valence-corrected chi connectivity index (χ1v) is 7.92. The summed E-state index contributed by atoms with van der Waals surface area (Å²) in [5.74, 6) is 1.42. The van der Waals surface area contributed by atoms with Crippen molar-refractivity contribution in [2.24, 2.45) is 0 Å². The zero-order valence-corrected chi connectivity index (χ0v) is 15.3. The molecule has 0 unspecified atom stereocenters. The van der Waals surface area contributed by atoms with Crippen molar-refractivity contribution in [1.82, 2.24) is 10.2 Å². The van der Waals surface area contributed by atoms with E-state index in [9.17, 15) is 4.39 Å². The molecule has 22 heavy (non-hydrogen) atoms. The first kappa shape index (κ1) is 19.5. The monoisotopic (exact) mass is 396 g/mol. The number of halogens is 3. The number of alkyl halides is 1. The molecule has 1 N–H and O–H groups in total. The number of ether oxygens (including phenoxy) is 2. The summed E-state index contributed by atoms with van der Waals surface area (Å²) in [6, 6.07) is 3.98. The van der Waals surface area contributed by atoms with Crippen LogP contribution in [0.3, 0.4) is 0 Å². The maximum absolute atomic E-state index is 13.0. The van der Waals surface area contributed by atoms with Crippen molar-refractivity contribution in [1.29, 1.82) is 0 Å². The first-order valence-electron chi connectivity index (χ1n) is 7.13. The lowest BCUT2D eigenvalue weighted by molar-refractivity contribution is 0.157. The van der Waals surface area contributed by atoms with Crippen LogP contribution in [0.4, 0.5) is 4.39 Å². The van der Waals surface area contributed by atoms with Crippen LogP contribution in [0.2, 0.25) is 0 Å². The van der Waals surface area contributed by atoms with Crippen molar-refractivity contribution in [2.75, 3.05) is 47.1 Å². The number of nitrogens with one attached hydrogen (secondary N) is 1. The Kier molecular flexibility index (Phi) is 8.46. The Morgan fingerprint density at radius 3 is 2.23 bits per heavy atom. The average molecular weight is 398 g/mol. The highest BCUT2D eigenvalue weighted by atomic mass is 79.9. The minimum absolute atomic E-state index is 0. The van der Waals surface area contributed by atoms with Gasteiger partial charge in [-0.2, -0.15) is 0 Å². The molecule has 126 valence electrons. The molecule has 1 atom stereocenters. The summed E-state index contributed by atoms with van der Waals surface area (Å²) < 4.78 is 24.6. The third kappa shape index (κ3) is 4.47. The van der Waals surface area contributed by atoms with E-state index in [4.69, 9.17) is 9.47 Å². The van der Waals surface area contributed by atoms with Crippen LogP contribution >= 0.6 is 28.3 Å². The van der Waals surface area contributed by atoms with Gasteiger partial charge in [0.25, 0.3) is 0 Å². The quantitative estimate of drug-likeness (QED) is 0.799. The van der Waals surface area contributed by atoms with Gasteiger partial charge in [-0.25, -0.2) is 0 Å². The Morgan fingerprint density at radius 2 is 1.77 bits per heavy atom. The maximum Gasteiger partial charge on any atom is 0.137 e. The predicted octanol–water partition coefficient (Wildman–Crippen LogP) is 3.19. The summed E-state index contributed by atoms with van der Waals surface area (Å²) in [6.07, 6.45) is 0.480. The van der Waals surface area contributed by atoms with Crippen molar-refractivity contribution in [3.63, 3.8) is 0 Å². The molecule has 7 heteroatoms. The minimum atomic E-state index is -0.338. The van der Waals surface area contributed by atoms with Crippen LogP contribution in [0.1, 0.15) is 18.0 Å². The molecule has 4 nitrogen and oxygen atoms in total. The van der Waals surface area contributed by atoms with Gasteiger partial charge in [0, 0.05) is 32.2 Å². The third-order valence-corrected chi connectivity index (χ3v) is 4.61. The number of nitrogens with zero attached hydrogens (tertiary/aromatic N) is 1. The Labute approximate surface area is 145 Å². The smallest absolute Gasteiger partial charge is 0.137 e. The zero-order valence-electron chi connectivity index (χ0n) is 12.9. The molecule has 2 rings (SSSR count).